The van der Waals surface area contributed by atoms with Crippen LogP contribution in [0.15, 0.2) is 29.2 Å². The van der Waals surface area contributed by atoms with Crippen molar-refractivity contribution in [2.24, 2.45) is 0 Å². The summed E-state index contributed by atoms with van der Waals surface area (Å²) in [5, 5.41) is 1.17. The quantitative estimate of drug-likeness (QED) is 0.775. The SMILES string of the molecule is CNS(=O)(=O)c1ccc(CCC(=O)N(C)OC)cc1. The van der Waals surface area contributed by atoms with Crippen molar-refractivity contribution in [1.82, 2.24) is 9.79 Å². The van der Waals surface area contributed by atoms with Gasteiger partial charge >= 0.3 is 0 Å². The first-order valence-corrected chi connectivity index (χ1v) is 7.22. The molecule has 0 spiro atoms. The zero-order valence-corrected chi connectivity index (χ0v) is 12.0. The van der Waals surface area contributed by atoms with E-state index in [0.717, 1.165) is 5.56 Å². The minimum Gasteiger partial charge on any atom is -0.275 e. The van der Waals surface area contributed by atoms with Crippen LogP contribution in [0.25, 0.3) is 0 Å². The van der Waals surface area contributed by atoms with Gasteiger partial charge in [-0.3, -0.25) is 9.63 Å². The van der Waals surface area contributed by atoms with Gasteiger partial charge < -0.3 is 0 Å². The minimum absolute atomic E-state index is 0.130. The summed E-state index contributed by atoms with van der Waals surface area (Å²) < 4.78 is 25.3. The van der Waals surface area contributed by atoms with E-state index in [1.54, 1.807) is 19.2 Å². The minimum atomic E-state index is -3.41. The molecule has 0 aliphatic rings. The van der Waals surface area contributed by atoms with Crippen LogP contribution in [0.4, 0.5) is 0 Å². The molecular formula is C12H18N2O4S. The van der Waals surface area contributed by atoms with Crippen LogP contribution >= 0.6 is 0 Å². The highest BCUT2D eigenvalue weighted by molar-refractivity contribution is 7.89. The third-order valence-electron chi connectivity index (χ3n) is 2.76. The van der Waals surface area contributed by atoms with Crippen LogP contribution in [-0.2, 0) is 26.1 Å². The third-order valence-corrected chi connectivity index (χ3v) is 4.19. The number of rotatable bonds is 6. The van der Waals surface area contributed by atoms with E-state index in [4.69, 9.17) is 4.84 Å². The molecular weight excluding hydrogens is 268 g/mol. The number of aryl methyl sites for hydroxylation is 1. The molecule has 7 heteroatoms. The van der Waals surface area contributed by atoms with Gasteiger partial charge in [-0.25, -0.2) is 18.2 Å². The fourth-order valence-corrected chi connectivity index (χ4v) is 2.19. The summed E-state index contributed by atoms with van der Waals surface area (Å²) in [4.78, 5) is 16.5. The maximum absolute atomic E-state index is 11.5. The number of hydrogen-bond acceptors (Lipinski definition) is 4. The van der Waals surface area contributed by atoms with Gasteiger partial charge in [0.25, 0.3) is 0 Å². The van der Waals surface area contributed by atoms with E-state index in [-0.39, 0.29) is 10.8 Å². The number of hydrogen-bond donors (Lipinski definition) is 1. The lowest BCUT2D eigenvalue weighted by molar-refractivity contribution is -0.168. The second kappa shape index (κ2) is 6.65. The summed E-state index contributed by atoms with van der Waals surface area (Å²) in [6, 6.07) is 6.44. The Labute approximate surface area is 113 Å². The molecule has 0 heterocycles. The molecule has 106 valence electrons. The molecule has 0 aromatic heterocycles. The van der Waals surface area contributed by atoms with E-state index >= 15 is 0 Å². The molecule has 1 N–H and O–H groups in total. The lowest BCUT2D eigenvalue weighted by atomic mass is 10.1. The smallest absolute Gasteiger partial charge is 0.246 e. The first kappa shape index (κ1) is 15.6. The van der Waals surface area contributed by atoms with Gasteiger partial charge in [-0.1, -0.05) is 12.1 Å². The van der Waals surface area contributed by atoms with Crippen molar-refractivity contribution in [1.29, 1.82) is 0 Å². The molecule has 0 fully saturated rings. The molecule has 1 rings (SSSR count). The Bertz CT molecular complexity index is 525. The van der Waals surface area contributed by atoms with Crippen LogP contribution in [0.5, 0.6) is 0 Å². The van der Waals surface area contributed by atoms with Crippen LogP contribution in [-0.4, -0.2) is 40.6 Å². The maximum Gasteiger partial charge on any atom is 0.246 e. The molecule has 0 atom stereocenters. The Morgan fingerprint density at radius 1 is 1.32 bits per heavy atom. The van der Waals surface area contributed by atoms with Crippen molar-refractivity contribution >= 4 is 15.9 Å². The van der Waals surface area contributed by atoms with Crippen molar-refractivity contribution in [2.75, 3.05) is 21.2 Å². The normalized spacial score (nSPS) is 11.3. The molecule has 0 saturated carbocycles. The van der Waals surface area contributed by atoms with Gasteiger partial charge in [0.05, 0.1) is 12.0 Å². The molecule has 0 bridgehead atoms. The summed E-state index contributed by atoms with van der Waals surface area (Å²) in [6.45, 7) is 0. The van der Waals surface area contributed by atoms with Crippen molar-refractivity contribution in [3.05, 3.63) is 29.8 Å². The molecule has 1 aromatic carbocycles. The van der Waals surface area contributed by atoms with Crippen molar-refractivity contribution in [3.63, 3.8) is 0 Å². The van der Waals surface area contributed by atoms with Crippen LogP contribution in [0.1, 0.15) is 12.0 Å². The highest BCUT2D eigenvalue weighted by Crippen LogP contribution is 2.11. The summed E-state index contributed by atoms with van der Waals surface area (Å²) in [5.74, 6) is -0.130. The van der Waals surface area contributed by atoms with Crippen molar-refractivity contribution in [3.8, 4) is 0 Å². The number of sulfonamides is 1. The third kappa shape index (κ3) is 4.30. The average Bonchev–Trinajstić information content (AvgIpc) is 2.44. The summed E-state index contributed by atoms with van der Waals surface area (Å²) in [5.41, 5.74) is 0.896. The maximum atomic E-state index is 11.5. The number of carbonyl (C=O) groups is 1. The second-order valence-corrected chi connectivity index (χ2v) is 5.81. The first-order valence-electron chi connectivity index (χ1n) is 5.74. The largest absolute Gasteiger partial charge is 0.275 e. The Hall–Kier alpha value is -1.44. The van der Waals surface area contributed by atoms with Gasteiger partial charge in [0, 0.05) is 13.5 Å². The summed E-state index contributed by atoms with van der Waals surface area (Å²) in [6.07, 6.45) is 0.842. The Balaban J connectivity index is 2.66. The fourth-order valence-electron chi connectivity index (χ4n) is 1.46. The molecule has 0 aliphatic carbocycles. The number of benzene rings is 1. The Morgan fingerprint density at radius 2 is 1.89 bits per heavy atom. The lowest BCUT2D eigenvalue weighted by Crippen LogP contribution is -2.25. The predicted molar refractivity (Wildman–Crippen MR) is 70.8 cm³/mol. The van der Waals surface area contributed by atoms with E-state index in [0.29, 0.717) is 12.8 Å². The van der Waals surface area contributed by atoms with E-state index in [1.165, 1.54) is 31.4 Å². The zero-order valence-electron chi connectivity index (χ0n) is 11.2. The highest BCUT2D eigenvalue weighted by atomic mass is 32.2. The van der Waals surface area contributed by atoms with Crippen molar-refractivity contribution in [2.45, 2.75) is 17.7 Å². The monoisotopic (exact) mass is 286 g/mol. The number of carbonyl (C=O) groups excluding carboxylic acids is 1. The van der Waals surface area contributed by atoms with Crippen LogP contribution in [0.2, 0.25) is 0 Å². The molecule has 6 nitrogen and oxygen atoms in total. The van der Waals surface area contributed by atoms with Crippen LogP contribution in [0, 0.1) is 0 Å². The Morgan fingerprint density at radius 3 is 2.37 bits per heavy atom. The fraction of sp³-hybridized carbons (Fsp3) is 0.417. The second-order valence-electron chi connectivity index (χ2n) is 3.93. The highest BCUT2D eigenvalue weighted by Gasteiger charge is 2.11. The van der Waals surface area contributed by atoms with Gasteiger partial charge in [-0.05, 0) is 31.2 Å². The van der Waals surface area contributed by atoms with Gasteiger partial charge in [-0.15, -0.1) is 0 Å². The number of hydroxylamine groups is 2. The van der Waals surface area contributed by atoms with E-state index < -0.39 is 10.0 Å². The number of amides is 1. The topological polar surface area (TPSA) is 75.7 Å². The van der Waals surface area contributed by atoms with E-state index in [2.05, 4.69) is 4.72 Å². The van der Waals surface area contributed by atoms with Crippen LogP contribution < -0.4 is 4.72 Å². The molecule has 19 heavy (non-hydrogen) atoms. The zero-order chi connectivity index (χ0) is 14.5. The number of nitrogens with zero attached hydrogens (tertiary/aromatic N) is 1. The van der Waals surface area contributed by atoms with Gasteiger partial charge in [0.15, 0.2) is 0 Å². The summed E-state index contributed by atoms with van der Waals surface area (Å²) >= 11 is 0. The molecule has 1 amide bonds. The van der Waals surface area contributed by atoms with Gasteiger partial charge in [-0.2, -0.15) is 0 Å². The number of nitrogens with one attached hydrogen (secondary N) is 1. The van der Waals surface area contributed by atoms with Gasteiger partial charge in [0.1, 0.15) is 0 Å². The lowest BCUT2D eigenvalue weighted by Gasteiger charge is -2.13. The van der Waals surface area contributed by atoms with E-state index in [9.17, 15) is 13.2 Å². The molecule has 1 aromatic rings. The van der Waals surface area contributed by atoms with E-state index in [1.807, 2.05) is 0 Å². The average molecular weight is 286 g/mol. The Kier molecular flexibility index (Phi) is 5.46. The standard InChI is InChI=1S/C12H18N2O4S/c1-13-19(16,17)11-7-4-10(5-8-11)6-9-12(15)14(2)18-3/h4-5,7-8,13H,6,9H2,1-3H3. The molecule has 0 saturated heterocycles. The van der Waals surface area contributed by atoms with Crippen molar-refractivity contribution < 1.29 is 18.0 Å². The van der Waals surface area contributed by atoms with Crippen LogP contribution in [0.3, 0.4) is 0 Å². The molecule has 0 radical (unpaired) electrons. The molecule has 0 unspecified atom stereocenters. The first-order chi connectivity index (χ1) is 8.90. The predicted octanol–water partition coefficient (Wildman–Crippen LogP) is 0.547. The van der Waals surface area contributed by atoms with Gasteiger partial charge in [0.2, 0.25) is 15.9 Å². The molecule has 0 aliphatic heterocycles. The summed E-state index contributed by atoms with van der Waals surface area (Å²) in [7, 11) is 0.927.